The molecule has 5 nitrogen and oxygen atoms in total. The van der Waals surface area contributed by atoms with Gasteiger partial charge in [-0.2, -0.15) is 0 Å². The number of carbonyl (C=O) groups excluding carboxylic acids is 1. The maximum absolute atomic E-state index is 12.0. The number of hydrogen-bond donors (Lipinski definition) is 1. The third kappa shape index (κ3) is 4.12. The minimum Gasteiger partial charge on any atom is -0.485 e. The number of ether oxygens (including phenoxy) is 1. The number of H-pyrrole nitrogens is 1. The Labute approximate surface area is 146 Å². The van der Waals surface area contributed by atoms with E-state index in [9.17, 15) is 4.79 Å². The van der Waals surface area contributed by atoms with E-state index in [-0.39, 0.29) is 18.9 Å². The van der Waals surface area contributed by atoms with Crippen LogP contribution >= 0.6 is 0 Å². The molecule has 1 heterocycles. The molecule has 0 spiro atoms. The summed E-state index contributed by atoms with van der Waals surface area (Å²) in [6.45, 7) is 6.16. The van der Waals surface area contributed by atoms with Gasteiger partial charge in [0.1, 0.15) is 18.9 Å². The van der Waals surface area contributed by atoms with Gasteiger partial charge in [0.15, 0.2) is 5.78 Å². The highest BCUT2D eigenvalue weighted by Crippen LogP contribution is 2.24. The first kappa shape index (κ1) is 16.9. The lowest BCUT2D eigenvalue weighted by atomic mass is 10.1. The fourth-order valence-electron chi connectivity index (χ4n) is 2.88. The maximum Gasteiger partial charge on any atom is 0.191 e. The Kier molecular flexibility index (Phi) is 4.93. The van der Waals surface area contributed by atoms with Crippen LogP contribution in [0.4, 0.5) is 0 Å². The van der Waals surface area contributed by atoms with Gasteiger partial charge in [-0.15, -0.1) is 0 Å². The molecule has 0 bridgehead atoms. The lowest BCUT2D eigenvalue weighted by Crippen LogP contribution is -2.15. The maximum atomic E-state index is 12.0. The SMILES string of the molecule is Cc1cc(C)c(OCC(=O)CN=Cc2ccc3nc[nH]c3c2)c(C)c1. The minimum atomic E-state index is -0.0572. The zero-order valence-electron chi connectivity index (χ0n) is 14.7. The first-order valence-corrected chi connectivity index (χ1v) is 8.18. The van der Waals surface area contributed by atoms with Crippen molar-refractivity contribution in [3.8, 4) is 5.75 Å². The summed E-state index contributed by atoms with van der Waals surface area (Å²) in [6, 6.07) is 9.90. The summed E-state index contributed by atoms with van der Waals surface area (Å²) in [5.74, 6) is 0.728. The number of carbonyl (C=O) groups is 1. The van der Waals surface area contributed by atoms with Crippen molar-refractivity contribution in [3.05, 3.63) is 58.9 Å². The van der Waals surface area contributed by atoms with Crippen molar-refractivity contribution < 1.29 is 9.53 Å². The summed E-state index contributed by atoms with van der Waals surface area (Å²) in [4.78, 5) is 23.5. The predicted octanol–water partition coefficient (Wildman–Crippen LogP) is 3.56. The number of aromatic nitrogens is 2. The predicted molar refractivity (Wildman–Crippen MR) is 99.7 cm³/mol. The smallest absolute Gasteiger partial charge is 0.191 e. The van der Waals surface area contributed by atoms with Gasteiger partial charge < -0.3 is 9.72 Å². The van der Waals surface area contributed by atoms with Crippen molar-refractivity contribution in [2.24, 2.45) is 4.99 Å². The number of Topliss-reactive ketones (excluding diaryl/α,β-unsaturated/α-hetero) is 1. The number of nitrogens with zero attached hydrogens (tertiary/aromatic N) is 2. The Morgan fingerprint density at radius 2 is 1.96 bits per heavy atom. The van der Waals surface area contributed by atoms with Crippen molar-refractivity contribution in [1.29, 1.82) is 0 Å². The number of aromatic amines is 1. The first-order chi connectivity index (χ1) is 12.0. The van der Waals surface area contributed by atoms with Gasteiger partial charge in [0.25, 0.3) is 0 Å². The van der Waals surface area contributed by atoms with Gasteiger partial charge in [0.05, 0.1) is 17.4 Å². The average Bonchev–Trinajstić information content (AvgIpc) is 3.01. The summed E-state index contributed by atoms with van der Waals surface area (Å²) in [5.41, 5.74) is 6.06. The number of imidazole rings is 1. The molecule has 1 N–H and O–H groups in total. The zero-order chi connectivity index (χ0) is 17.8. The number of rotatable bonds is 6. The number of hydrogen-bond acceptors (Lipinski definition) is 4. The highest BCUT2D eigenvalue weighted by molar-refractivity contribution is 5.89. The monoisotopic (exact) mass is 335 g/mol. The van der Waals surface area contributed by atoms with Crippen molar-refractivity contribution in [1.82, 2.24) is 9.97 Å². The summed E-state index contributed by atoms with van der Waals surface area (Å²) < 4.78 is 5.70. The number of nitrogens with one attached hydrogen (secondary N) is 1. The van der Waals surface area contributed by atoms with Gasteiger partial charge in [-0.1, -0.05) is 23.8 Å². The molecule has 128 valence electrons. The molecule has 1 aromatic heterocycles. The van der Waals surface area contributed by atoms with Crippen LogP contribution in [-0.4, -0.2) is 35.1 Å². The van der Waals surface area contributed by atoms with E-state index in [4.69, 9.17) is 4.74 Å². The van der Waals surface area contributed by atoms with Crippen LogP contribution < -0.4 is 4.74 Å². The van der Waals surface area contributed by atoms with Gasteiger partial charge in [-0.05, 0) is 49.6 Å². The molecule has 0 atom stereocenters. The van der Waals surface area contributed by atoms with E-state index in [1.54, 1.807) is 12.5 Å². The Morgan fingerprint density at radius 3 is 2.72 bits per heavy atom. The third-order valence-electron chi connectivity index (χ3n) is 3.93. The van der Waals surface area contributed by atoms with Crippen LogP contribution in [0.15, 0.2) is 41.7 Å². The molecule has 0 aliphatic carbocycles. The van der Waals surface area contributed by atoms with Crippen LogP contribution in [-0.2, 0) is 4.79 Å². The van der Waals surface area contributed by atoms with E-state index in [1.807, 2.05) is 39.0 Å². The summed E-state index contributed by atoms with van der Waals surface area (Å²) >= 11 is 0. The van der Waals surface area contributed by atoms with Crippen LogP contribution in [0.2, 0.25) is 0 Å². The van der Waals surface area contributed by atoms with Crippen molar-refractivity contribution in [3.63, 3.8) is 0 Å². The molecular weight excluding hydrogens is 314 g/mol. The fraction of sp³-hybridized carbons (Fsp3) is 0.250. The third-order valence-corrected chi connectivity index (χ3v) is 3.93. The van der Waals surface area contributed by atoms with E-state index < -0.39 is 0 Å². The van der Waals surface area contributed by atoms with Gasteiger partial charge in [0.2, 0.25) is 0 Å². The van der Waals surface area contributed by atoms with Crippen LogP contribution in [0, 0.1) is 20.8 Å². The standard InChI is InChI=1S/C20H21N3O2/c1-13-6-14(2)20(15(3)7-13)25-11-17(24)10-21-9-16-4-5-18-19(8-16)23-12-22-18/h4-9,12H,10-11H2,1-3H3,(H,22,23). The number of fused-ring (bicyclic) bond motifs is 1. The highest BCUT2D eigenvalue weighted by atomic mass is 16.5. The van der Waals surface area contributed by atoms with Crippen molar-refractivity contribution in [2.45, 2.75) is 20.8 Å². The first-order valence-electron chi connectivity index (χ1n) is 8.18. The Balaban J connectivity index is 1.56. The van der Waals surface area contributed by atoms with Crippen LogP contribution in [0.1, 0.15) is 22.3 Å². The number of ketones is 1. The van der Waals surface area contributed by atoms with Crippen molar-refractivity contribution >= 4 is 23.0 Å². The minimum absolute atomic E-state index is 0.0294. The molecule has 0 amide bonds. The largest absolute Gasteiger partial charge is 0.485 e. The fourth-order valence-corrected chi connectivity index (χ4v) is 2.88. The Morgan fingerprint density at radius 1 is 1.20 bits per heavy atom. The molecular formula is C20H21N3O2. The Bertz CT molecular complexity index is 918. The molecule has 0 radical (unpaired) electrons. The quantitative estimate of drug-likeness (QED) is 0.700. The zero-order valence-corrected chi connectivity index (χ0v) is 14.7. The molecule has 0 aliphatic heterocycles. The second-order valence-corrected chi connectivity index (χ2v) is 6.20. The second-order valence-electron chi connectivity index (χ2n) is 6.20. The normalized spacial score (nSPS) is 11.3. The highest BCUT2D eigenvalue weighted by Gasteiger charge is 2.08. The van der Waals surface area contributed by atoms with E-state index in [1.165, 1.54) is 5.56 Å². The number of aryl methyl sites for hydroxylation is 3. The van der Waals surface area contributed by atoms with Gasteiger partial charge in [-0.25, -0.2) is 4.98 Å². The summed E-state index contributed by atoms with van der Waals surface area (Å²) in [6.07, 6.45) is 3.35. The molecule has 0 fully saturated rings. The van der Waals surface area contributed by atoms with Crippen LogP contribution in [0.5, 0.6) is 5.75 Å². The second kappa shape index (κ2) is 7.30. The van der Waals surface area contributed by atoms with Gasteiger partial charge >= 0.3 is 0 Å². The molecule has 0 saturated heterocycles. The lowest BCUT2D eigenvalue weighted by molar-refractivity contribution is -0.119. The van der Waals surface area contributed by atoms with E-state index in [0.717, 1.165) is 33.5 Å². The molecule has 0 aliphatic rings. The molecule has 3 rings (SSSR count). The molecule has 0 saturated carbocycles. The average molecular weight is 335 g/mol. The number of benzene rings is 2. The molecule has 25 heavy (non-hydrogen) atoms. The number of aliphatic imine (C=N–C) groups is 1. The summed E-state index contributed by atoms with van der Waals surface area (Å²) in [7, 11) is 0. The van der Waals surface area contributed by atoms with E-state index in [0.29, 0.717) is 0 Å². The molecule has 2 aromatic carbocycles. The van der Waals surface area contributed by atoms with Gasteiger partial charge in [-0.3, -0.25) is 9.79 Å². The lowest BCUT2D eigenvalue weighted by Gasteiger charge is -2.12. The molecule has 3 aromatic rings. The molecule has 5 heteroatoms. The van der Waals surface area contributed by atoms with Crippen LogP contribution in [0.25, 0.3) is 11.0 Å². The van der Waals surface area contributed by atoms with Crippen molar-refractivity contribution in [2.75, 3.05) is 13.2 Å². The van der Waals surface area contributed by atoms with Gasteiger partial charge in [0, 0.05) is 6.21 Å². The topological polar surface area (TPSA) is 67.3 Å². The van der Waals surface area contributed by atoms with E-state index >= 15 is 0 Å². The van der Waals surface area contributed by atoms with Crippen LogP contribution in [0.3, 0.4) is 0 Å². The summed E-state index contributed by atoms with van der Waals surface area (Å²) in [5, 5.41) is 0. The molecule has 0 unspecified atom stereocenters. The Hall–Kier alpha value is -2.95. The van der Waals surface area contributed by atoms with E-state index in [2.05, 4.69) is 27.1 Å².